The molecule has 1 aliphatic carbocycles. The Hall–Kier alpha value is -2.15. The van der Waals surface area contributed by atoms with Crippen molar-refractivity contribution in [2.24, 2.45) is 10.6 Å². The molecule has 7 nitrogen and oxygen atoms in total. The number of nitro groups is 1. The van der Waals surface area contributed by atoms with Crippen LogP contribution in [0.3, 0.4) is 0 Å². The highest BCUT2D eigenvalue weighted by atomic mass is 16.7. The highest BCUT2D eigenvalue weighted by Gasteiger charge is 2.73. The number of oxime groups is 1. The first-order valence-corrected chi connectivity index (χ1v) is 4.85. The van der Waals surface area contributed by atoms with Gasteiger partial charge in [-0.1, -0.05) is 18.0 Å². The van der Waals surface area contributed by atoms with Gasteiger partial charge < -0.3 is 4.84 Å². The van der Waals surface area contributed by atoms with Crippen LogP contribution in [0.1, 0.15) is 25.7 Å². The first-order valence-electron chi connectivity index (χ1n) is 4.85. The standard InChI is InChI=1S/C9H8N4O3/c10-5-7-8(3-1-2-4-8)9(6-11,13(14)15)16-12-7/h1-4H2/t9-/m1/s1. The lowest BCUT2D eigenvalue weighted by Gasteiger charge is -2.26. The molecule has 0 radical (unpaired) electrons. The van der Waals surface area contributed by atoms with Crippen LogP contribution in [-0.4, -0.2) is 16.4 Å². The van der Waals surface area contributed by atoms with Crippen LogP contribution in [0.4, 0.5) is 0 Å². The van der Waals surface area contributed by atoms with Gasteiger partial charge >= 0.3 is 5.72 Å². The zero-order valence-corrected chi connectivity index (χ0v) is 8.34. The summed E-state index contributed by atoms with van der Waals surface area (Å²) in [5.41, 5.74) is -3.39. The molecule has 0 saturated heterocycles. The molecule has 1 saturated carbocycles. The Morgan fingerprint density at radius 2 is 2.06 bits per heavy atom. The molecule has 1 fully saturated rings. The molecule has 0 unspecified atom stereocenters. The van der Waals surface area contributed by atoms with Crippen LogP contribution in [0.2, 0.25) is 0 Å². The average Bonchev–Trinajstić information content (AvgIpc) is 2.86. The van der Waals surface area contributed by atoms with Crippen molar-refractivity contribution < 1.29 is 9.76 Å². The molecule has 7 heteroatoms. The summed E-state index contributed by atoms with van der Waals surface area (Å²) in [5.74, 6) is 0. The van der Waals surface area contributed by atoms with Crippen molar-refractivity contribution >= 4 is 5.71 Å². The van der Waals surface area contributed by atoms with Gasteiger partial charge in [-0.05, 0) is 12.8 Å². The largest absolute Gasteiger partial charge is 0.482 e. The first kappa shape index (κ1) is 10.4. The van der Waals surface area contributed by atoms with Gasteiger partial charge in [0.2, 0.25) is 0 Å². The maximum absolute atomic E-state index is 11.1. The molecule has 1 spiro atoms. The van der Waals surface area contributed by atoms with Gasteiger partial charge in [0.1, 0.15) is 6.07 Å². The Bertz CT molecular complexity index is 452. The van der Waals surface area contributed by atoms with Gasteiger partial charge in [-0.25, -0.2) is 0 Å². The van der Waals surface area contributed by atoms with Crippen molar-refractivity contribution in [2.45, 2.75) is 31.4 Å². The van der Waals surface area contributed by atoms with Crippen LogP contribution in [-0.2, 0) is 4.84 Å². The SMILES string of the molecule is N#CC1=NO[C@@](C#N)([N+](=O)[O-])C12CCCC2. The number of nitrogens with zero attached hydrogens (tertiary/aromatic N) is 4. The predicted octanol–water partition coefficient (Wildman–Crippen LogP) is 0.953. The van der Waals surface area contributed by atoms with E-state index in [2.05, 4.69) is 5.16 Å². The van der Waals surface area contributed by atoms with Gasteiger partial charge in [0.25, 0.3) is 0 Å². The third-order valence-corrected chi connectivity index (χ3v) is 3.34. The van der Waals surface area contributed by atoms with E-state index in [0.29, 0.717) is 12.8 Å². The Balaban J connectivity index is 2.57. The molecule has 0 aromatic heterocycles. The minimum absolute atomic E-state index is 0.0248. The number of nitriles is 2. The van der Waals surface area contributed by atoms with Gasteiger partial charge in [-0.15, -0.1) is 0 Å². The minimum Gasteiger partial charge on any atom is -0.303 e. The van der Waals surface area contributed by atoms with Crippen molar-refractivity contribution in [1.29, 1.82) is 10.5 Å². The molecule has 2 rings (SSSR count). The van der Waals surface area contributed by atoms with E-state index in [4.69, 9.17) is 15.4 Å². The fraction of sp³-hybridized carbons (Fsp3) is 0.667. The van der Waals surface area contributed by atoms with E-state index in [1.165, 1.54) is 0 Å². The molecule has 82 valence electrons. The van der Waals surface area contributed by atoms with Gasteiger partial charge in [-0.3, -0.25) is 10.1 Å². The maximum Gasteiger partial charge on any atom is 0.482 e. The van der Waals surface area contributed by atoms with Gasteiger partial charge in [0.05, 0.1) is 4.92 Å². The van der Waals surface area contributed by atoms with Gasteiger partial charge in [0, 0.05) is 0 Å². The number of hydrogen-bond acceptors (Lipinski definition) is 6. The van der Waals surface area contributed by atoms with E-state index < -0.39 is 16.1 Å². The minimum atomic E-state index is -2.21. The summed E-state index contributed by atoms with van der Waals surface area (Å²) < 4.78 is 0. The molecule has 0 amide bonds. The molecular weight excluding hydrogens is 212 g/mol. The topological polar surface area (TPSA) is 112 Å². The molecule has 0 N–H and O–H groups in total. The van der Waals surface area contributed by atoms with Crippen molar-refractivity contribution in [3.63, 3.8) is 0 Å². The van der Waals surface area contributed by atoms with Crippen LogP contribution >= 0.6 is 0 Å². The third-order valence-electron chi connectivity index (χ3n) is 3.34. The molecule has 0 aromatic carbocycles. The molecule has 1 aliphatic heterocycles. The molecule has 1 heterocycles. The summed E-state index contributed by atoms with van der Waals surface area (Å²) in [7, 11) is 0. The van der Waals surface area contributed by atoms with Crippen LogP contribution < -0.4 is 0 Å². The van der Waals surface area contributed by atoms with Crippen molar-refractivity contribution in [1.82, 2.24) is 0 Å². The zero-order valence-electron chi connectivity index (χ0n) is 8.34. The van der Waals surface area contributed by atoms with Crippen LogP contribution in [0.5, 0.6) is 0 Å². The smallest absolute Gasteiger partial charge is 0.303 e. The Labute approximate surface area is 91.0 Å². The number of rotatable bonds is 1. The van der Waals surface area contributed by atoms with Crippen molar-refractivity contribution in [2.75, 3.05) is 0 Å². The summed E-state index contributed by atoms with van der Waals surface area (Å²) in [6, 6.07) is 3.40. The van der Waals surface area contributed by atoms with E-state index in [1.807, 2.05) is 6.07 Å². The lowest BCUT2D eigenvalue weighted by Crippen LogP contribution is -2.53. The highest BCUT2D eigenvalue weighted by Crippen LogP contribution is 2.52. The molecule has 0 bridgehead atoms. The maximum atomic E-state index is 11.1. The Morgan fingerprint density at radius 1 is 1.44 bits per heavy atom. The zero-order chi connectivity index (χ0) is 11.8. The summed E-state index contributed by atoms with van der Waals surface area (Å²) in [6.45, 7) is 0. The fourth-order valence-electron chi connectivity index (χ4n) is 2.50. The van der Waals surface area contributed by atoms with Crippen LogP contribution in [0.15, 0.2) is 5.16 Å². The first-order chi connectivity index (χ1) is 7.63. The second-order valence-corrected chi connectivity index (χ2v) is 3.95. The molecular formula is C9H8N4O3. The fourth-order valence-corrected chi connectivity index (χ4v) is 2.50. The molecule has 1 atom stereocenters. The Kier molecular flexibility index (Phi) is 2.06. The summed E-state index contributed by atoms with van der Waals surface area (Å²) in [5, 5.41) is 32.4. The average molecular weight is 220 g/mol. The molecule has 2 aliphatic rings. The van der Waals surface area contributed by atoms with E-state index in [-0.39, 0.29) is 5.71 Å². The second-order valence-electron chi connectivity index (χ2n) is 3.95. The third kappa shape index (κ3) is 0.924. The monoisotopic (exact) mass is 220 g/mol. The predicted molar refractivity (Wildman–Crippen MR) is 50.4 cm³/mol. The quantitative estimate of drug-likeness (QED) is 0.482. The highest BCUT2D eigenvalue weighted by molar-refractivity contribution is 6.04. The second kappa shape index (κ2) is 3.17. The normalized spacial score (nSPS) is 30.2. The van der Waals surface area contributed by atoms with Gasteiger partial charge in [-0.2, -0.15) is 10.5 Å². The van der Waals surface area contributed by atoms with Crippen molar-refractivity contribution in [3.05, 3.63) is 10.1 Å². The molecule has 16 heavy (non-hydrogen) atoms. The van der Waals surface area contributed by atoms with E-state index in [0.717, 1.165) is 12.8 Å². The summed E-state index contributed by atoms with van der Waals surface area (Å²) in [6.07, 6.45) is 2.27. The lowest BCUT2D eigenvalue weighted by molar-refractivity contribution is -0.623. The van der Waals surface area contributed by atoms with Crippen LogP contribution in [0.25, 0.3) is 0 Å². The molecule has 0 aromatic rings. The van der Waals surface area contributed by atoms with Gasteiger partial charge in [0.15, 0.2) is 17.2 Å². The van der Waals surface area contributed by atoms with Crippen molar-refractivity contribution in [3.8, 4) is 12.1 Å². The van der Waals surface area contributed by atoms with Crippen LogP contribution in [0, 0.1) is 38.2 Å². The summed E-state index contributed by atoms with van der Waals surface area (Å²) >= 11 is 0. The number of hydrogen-bond donors (Lipinski definition) is 0. The Morgan fingerprint density at radius 3 is 2.50 bits per heavy atom. The lowest BCUT2D eigenvalue weighted by atomic mass is 9.73. The van der Waals surface area contributed by atoms with E-state index >= 15 is 0 Å². The van der Waals surface area contributed by atoms with E-state index in [1.54, 1.807) is 6.07 Å². The van der Waals surface area contributed by atoms with E-state index in [9.17, 15) is 10.1 Å². The summed E-state index contributed by atoms with van der Waals surface area (Å²) in [4.78, 5) is 15.0.